The van der Waals surface area contributed by atoms with E-state index in [4.69, 9.17) is 0 Å². The number of nitrogens with zero attached hydrogens (tertiary/aromatic N) is 2. The monoisotopic (exact) mass is 413 g/mol. The highest BCUT2D eigenvalue weighted by Crippen LogP contribution is 2.31. The summed E-state index contributed by atoms with van der Waals surface area (Å²) in [4.78, 5) is 12.0. The molecular weight excluding hydrogens is 395 g/mol. The average Bonchev–Trinajstić information content (AvgIpc) is 2.61. The summed E-state index contributed by atoms with van der Waals surface area (Å²) in [7, 11) is -3.69. The molecule has 6 nitrogen and oxygen atoms in total. The molecule has 0 saturated carbocycles. The second-order valence-electron chi connectivity index (χ2n) is 5.89. The van der Waals surface area contributed by atoms with Crippen LogP contribution in [0.1, 0.15) is 16.7 Å². The van der Waals surface area contributed by atoms with E-state index in [1.165, 1.54) is 18.2 Å². The number of amides is 1. The molecule has 0 aromatic heterocycles. The summed E-state index contributed by atoms with van der Waals surface area (Å²) in [5, 5.41) is 3.51. The van der Waals surface area contributed by atoms with Crippen LogP contribution in [-0.2, 0) is 27.5 Å². The van der Waals surface area contributed by atoms with Crippen LogP contribution in [0.4, 0.5) is 13.2 Å². The number of carbonyl (C=O) groups excluding carboxylic acids is 1. The molecule has 0 radical (unpaired) electrons. The zero-order valence-electron chi connectivity index (χ0n) is 14.8. The molecule has 10 heteroatoms. The number of sulfonamides is 1. The maximum atomic E-state index is 12.9. The second kappa shape index (κ2) is 8.98. The normalized spacial score (nSPS) is 12.5. The van der Waals surface area contributed by atoms with Gasteiger partial charge in [-0.3, -0.25) is 4.79 Å². The van der Waals surface area contributed by atoms with Gasteiger partial charge >= 0.3 is 6.18 Å². The number of halogens is 3. The molecule has 1 amide bonds. The molecule has 2 aromatic carbocycles. The molecule has 2 rings (SSSR count). The predicted molar refractivity (Wildman–Crippen MR) is 98.9 cm³/mol. The van der Waals surface area contributed by atoms with Gasteiger partial charge in [0.05, 0.1) is 24.6 Å². The Labute approximate surface area is 160 Å². The molecular formula is C18H18F3N3O3S. The molecule has 0 saturated heterocycles. The Morgan fingerprint density at radius 1 is 1.11 bits per heavy atom. The molecule has 0 heterocycles. The topological polar surface area (TPSA) is 78.8 Å². The summed E-state index contributed by atoms with van der Waals surface area (Å²) >= 11 is 0. The number of hydrogen-bond donors (Lipinski definition) is 1. The third-order valence-corrected chi connectivity index (χ3v) is 4.85. The zero-order chi connectivity index (χ0) is 20.8. The van der Waals surface area contributed by atoms with Gasteiger partial charge in [0, 0.05) is 12.1 Å². The van der Waals surface area contributed by atoms with E-state index < -0.39 is 34.2 Å². The summed E-state index contributed by atoms with van der Waals surface area (Å²) < 4.78 is 63.5. The molecule has 0 atom stereocenters. The van der Waals surface area contributed by atoms with Gasteiger partial charge in [-0.1, -0.05) is 48.5 Å². The Hall–Kier alpha value is -2.72. The van der Waals surface area contributed by atoms with Crippen molar-refractivity contribution in [1.29, 1.82) is 0 Å². The Morgan fingerprint density at radius 3 is 2.32 bits per heavy atom. The van der Waals surface area contributed by atoms with Crippen molar-refractivity contribution < 1.29 is 26.4 Å². The third kappa shape index (κ3) is 6.46. The van der Waals surface area contributed by atoms with E-state index in [1.807, 2.05) is 0 Å². The second-order valence-corrected chi connectivity index (χ2v) is 7.88. The minimum Gasteiger partial charge on any atom is -0.272 e. The molecule has 1 N–H and O–H groups in total. The number of hydrazone groups is 1. The van der Waals surface area contributed by atoms with Crippen LogP contribution in [0.15, 0.2) is 59.7 Å². The molecule has 28 heavy (non-hydrogen) atoms. The van der Waals surface area contributed by atoms with Gasteiger partial charge in [0.25, 0.3) is 5.91 Å². The minimum absolute atomic E-state index is 0.0201. The lowest BCUT2D eigenvalue weighted by Gasteiger charge is -2.18. The largest absolute Gasteiger partial charge is 0.417 e. The Kier molecular flexibility index (Phi) is 6.92. The van der Waals surface area contributed by atoms with Crippen LogP contribution >= 0.6 is 0 Å². The smallest absolute Gasteiger partial charge is 0.272 e. The standard InChI is InChI=1S/C18H18F3N3O3S/c1-28(26,27)24(12-14-7-3-2-4-8-14)13-17(25)23-22-11-15-9-5-6-10-16(15)18(19,20)21/h2-11H,12-13H2,1H3,(H,23,25)/b22-11-. The molecule has 0 bridgehead atoms. The van der Waals surface area contributed by atoms with Gasteiger partial charge < -0.3 is 0 Å². The van der Waals surface area contributed by atoms with Crippen LogP contribution in [-0.4, -0.2) is 37.6 Å². The summed E-state index contributed by atoms with van der Waals surface area (Å²) in [5.41, 5.74) is 1.62. The van der Waals surface area contributed by atoms with E-state index in [2.05, 4.69) is 10.5 Å². The van der Waals surface area contributed by atoms with Crippen molar-refractivity contribution in [3.05, 3.63) is 71.3 Å². The molecule has 150 valence electrons. The maximum Gasteiger partial charge on any atom is 0.417 e. The zero-order valence-corrected chi connectivity index (χ0v) is 15.7. The van der Waals surface area contributed by atoms with Gasteiger partial charge in [0.15, 0.2) is 0 Å². The number of carbonyl (C=O) groups is 1. The lowest BCUT2D eigenvalue weighted by atomic mass is 10.1. The van der Waals surface area contributed by atoms with E-state index in [-0.39, 0.29) is 12.1 Å². The molecule has 2 aromatic rings. The first-order valence-electron chi connectivity index (χ1n) is 8.04. The van der Waals surface area contributed by atoms with Crippen LogP contribution in [0.3, 0.4) is 0 Å². The van der Waals surface area contributed by atoms with Crippen molar-refractivity contribution in [2.45, 2.75) is 12.7 Å². The fourth-order valence-corrected chi connectivity index (χ4v) is 3.05. The molecule has 0 unspecified atom stereocenters. The molecule has 0 aliphatic rings. The van der Waals surface area contributed by atoms with Crippen LogP contribution in [0.5, 0.6) is 0 Å². The number of hydrogen-bond acceptors (Lipinski definition) is 4. The number of rotatable bonds is 7. The highest BCUT2D eigenvalue weighted by Gasteiger charge is 2.32. The van der Waals surface area contributed by atoms with Crippen molar-refractivity contribution >= 4 is 22.1 Å². The van der Waals surface area contributed by atoms with Crippen molar-refractivity contribution in [3.8, 4) is 0 Å². The predicted octanol–water partition coefficient (Wildman–Crippen LogP) is 2.62. The number of nitrogens with one attached hydrogen (secondary N) is 1. The van der Waals surface area contributed by atoms with Crippen molar-refractivity contribution in [2.24, 2.45) is 5.10 Å². The van der Waals surface area contributed by atoms with Crippen LogP contribution < -0.4 is 5.43 Å². The Balaban J connectivity index is 2.05. The van der Waals surface area contributed by atoms with Crippen LogP contribution in [0, 0.1) is 0 Å². The lowest BCUT2D eigenvalue weighted by Crippen LogP contribution is -2.38. The summed E-state index contributed by atoms with van der Waals surface area (Å²) in [6.07, 6.45) is -2.73. The summed E-state index contributed by atoms with van der Waals surface area (Å²) in [6.45, 7) is -0.542. The fourth-order valence-electron chi connectivity index (χ4n) is 2.31. The van der Waals surface area contributed by atoms with Gasteiger partial charge in [0.1, 0.15) is 0 Å². The average molecular weight is 413 g/mol. The van der Waals surface area contributed by atoms with E-state index in [9.17, 15) is 26.4 Å². The first-order valence-corrected chi connectivity index (χ1v) is 9.89. The number of benzene rings is 2. The molecule has 0 spiro atoms. The van der Waals surface area contributed by atoms with Gasteiger partial charge in [-0.25, -0.2) is 13.8 Å². The van der Waals surface area contributed by atoms with Gasteiger partial charge in [-0.05, 0) is 11.6 Å². The molecule has 0 aliphatic carbocycles. The van der Waals surface area contributed by atoms with Crippen molar-refractivity contribution in [3.63, 3.8) is 0 Å². The molecule has 0 aliphatic heterocycles. The first kappa shape index (κ1) is 21.6. The third-order valence-electron chi connectivity index (χ3n) is 3.65. The van der Waals surface area contributed by atoms with E-state index in [0.29, 0.717) is 5.56 Å². The highest BCUT2D eigenvalue weighted by molar-refractivity contribution is 7.88. The maximum absolute atomic E-state index is 12.9. The first-order chi connectivity index (χ1) is 13.1. The summed E-state index contributed by atoms with van der Waals surface area (Å²) in [6, 6.07) is 13.4. The van der Waals surface area contributed by atoms with E-state index in [0.717, 1.165) is 22.8 Å². The Bertz CT molecular complexity index is 945. The van der Waals surface area contributed by atoms with E-state index in [1.54, 1.807) is 30.3 Å². The minimum atomic E-state index is -4.56. The van der Waals surface area contributed by atoms with Gasteiger partial charge in [-0.2, -0.15) is 22.6 Å². The van der Waals surface area contributed by atoms with Crippen LogP contribution in [0.25, 0.3) is 0 Å². The van der Waals surface area contributed by atoms with Crippen LogP contribution in [0.2, 0.25) is 0 Å². The van der Waals surface area contributed by atoms with Gasteiger partial charge in [-0.15, -0.1) is 0 Å². The van der Waals surface area contributed by atoms with Gasteiger partial charge in [0.2, 0.25) is 10.0 Å². The lowest BCUT2D eigenvalue weighted by molar-refractivity contribution is -0.137. The highest BCUT2D eigenvalue weighted by atomic mass is 32.2. The quantitative estimate of drug-likeness (QED) is 0.560. The molecule has 0 fully saturated rings. The van der Waals surface area contributed by atoms with Crippen molar-refractivity contribution in [2.75, 3.05) is 12.8 Å². The number of alkyl halides is 3. The summed E-state index contributed by atoms with van der Waals surface area (Å²) in [5.74, 6) is -0.776. The SMILES string of the molecule is CS(=O)(=O)N(CC(=O)N/N=C\c1ccccc1C(F)(F)F)Cc1ccccc1. The van der Waals surface area contributed by atoms with E-state index >= 15 is 0 Å². The van der Waals surface area contributed by atoms with Crippen molar-refractivity contribution in [1.82, 2.24) is 9.73 Å². The fraction of sp³-hybridized carbons (Fsp3) is 0.222. The Morgan fingerprint density at radius 2 is 1.71 bits per heavy atom.